The van der Waals surface area contributed by atoms with Crippen molar-refractivity contribution in [2.24, 2.45) is 0 Å². The lowest BCUT2D eigenvalue weighted by molar-refractivity contribution is -0.384. The van der Waals surface area contributed by atoms with Gasteiger partial charge in [-0.15, -0.1) is 0 Å². The monoisotopic (exact) mass is 376 g/mol. The highest BCUT2D eigenvalue weighted by molar-refractivity contribution is 7.80. The van der Waals surface area contributed by atoms with Gasteiger partial charge >= 0.3 is 0 Å². The summed E-state index contributed by atoms with van der Waals surface area (Å²) in [4.78, 5) is 22.0. The fraction of sp³-hybridized carbons (Fsp3) is 0. The predicted molar refractivity (Wildman–Crippen MR) is 101 cm³/mol. The zero-order valence-electron chi connectivity index (χ0n) is 12.7. The molecule has 2 rings (SSSR count). The summed E-state index contributed by atoms with van der Waals surface area (Å²) >= 11 is 10.8. The average Bonchev–Trinajstić information content (AvgIpc) is 2.60. The van der Waals surface area contributed by atoms with Crippen LogP contribution in [0.25, 0.3) is 6.08 Å². The van der Waals surface area contributed by atoms with Crippen molar-refractivity contribution in [2.45, 2.75) is 0 Å². The topological polar surface area (TPSA) is 96.3 Å². The third-order valence-corrected chi connectivity index (χ3v) is 3.45. The van der Waals surface area contributed by atoms with Gasteiger partial charge in [0.15, 0.2) is 5.11 Å². The molecule has 0 aliphatic rings. The lowest BCUT2D eigenvalue weighted by Crippen LogP contribution is -2.43. The number of hydrogen-bond acceptors (Lipinski definition) is 4. The highest BCUT2D eigenvalue weighted by atomic mass is 35.5. The molecule has 0 fully saturated rings. The number of nitrogens with zero attached hydrogens (tertiary/aromatic N) is 1. The Morgan fingerprint density at radius 1 is 1.16 bits per heavy atom. The van der Waals surface area contributed by atoms with Crippen LogP contribution in [0.3, 0.4) is 0 Å². The number of rotatable bonds is 4. The normalized spacial score (nSPS) is 10.3. The van der Waals surface area contributed by atoms with E-state index in [0.29, 0.717) is 5.56 Å². The third kappa shape index (κ3) is 5.87. The van der Waals surface area contributed by atoms with Gasteiger partial charge in [0.25, 0.3) is 11.6 Å². The first-order valence-electron chi connectivity index (χ1n) is 7.00. The van der Waals surface area contributed by atoms with Gasteiger partial charge in [-0.2, -0.15) is 0 Å². The summed E-state index contributed by atoms with van der Waals surface area (Å²) in [7, 11) is 0. The van der Waals surface area contributed by atoms with Crippen LogP contribution in [0.5, 0.6) is 0 Å². The van der Waals surface area contributed by atoms with Gasteiger partial charge in [-0.3, -0.25) is 25.8 Å². The highest BCUT2D eigenvalue weighted by Crippen LogP contribution is 2.25. The van der Waals surface area contributed by atoms with Gasteiger partial charge in [0.2, 0.25) is 0 Å². The Bertz CT molecular complexity index is 827. The summed E-state index contributed by atoms with van der Waals surface area (Å²) in [6.07, 6.45) is 2.64. The summed E-state index contributed by atoms with van der Waals surface area (Å²) in [5.74, 6) is -0.477. The molecule has 0 heterocycles. The molecule has 0 aliphatic heterocycles. The summed E-state index contributed by atoms with van der Waals surface area (Å²) in [5.41, 5.74) is 5.95. The van der Waals surface area contributed by atoms with E-state index in [4.69, 9.17) is 23.8 Å². The molecule has 7 nitrogen and oxygen atoms in total. The molecule has 0 saturated carbocycles. The zero-order valence-corrected chi connectivity index (χ0v) is 14.3. The summed E-state index contributed by atoms with van der Waals surface area (Å²) in [6.45, 7) is 0. The Morgan fingerprint density at radius 3 is 2.56 bits per heavy atom. The molecule has 2 aromatic rings. The lowest BCUT2D eigenvalue weighted by atomic mass is 10.2. The van der Waals surface area contributed by atoms with E-state index < -0.39 is 10.8 Å². The quantitative estimate of drug-likeness (QED) is 0.328. The van der Waals surface area contributed by atoms with Crippen molar-refractivity contribution >= 4 is 52.3 Å². The molecule has 0 radical (unpaired) electrons. The number of hydrogen-bond donors (Lipinski definition) is 3. The summed E-state index contributed by atoms with van der Waals surface area (Å²) < 4.78 is 0. The minimum atomic E-state index is -0.588. The van der Waals surface area contributed by atoms with Gasteiger partial charge in [-0.25, -0.2) is 0 Å². The third-order valence-electron chi connectivity index (χ3n) is 2.92. The van der Waals surface area contributed by atoms with Crippen LogP contribution >= 0.6 is 23.8 Å². The highest BCUT2D eigenvalue weighted by Gasteiger charge is 2.11. The zero-order chi connectivity index (χ0) is 18.2. The smallest absolute Gasteiger partial charge is 0.288 e. The number of thiocarbonyl (C=S) groups is 1. The molecule has 0 spiro atoms. The van der Waals surface area contributed by atoms with Crippen molar-refractivity contribution in [3.63, 3.8) is 0 Å². The molecule has 128 valence electrons. The number of halogens is 1. The van der Waals surface area contributed by atoms with Gasteiger partial charge in [-0.05, 0) is 42.1 Å². The number of nitro benzene ring substituents is 1. The molecule has 2 aromatic carbocycles. The Balaban J connectivity index is 1.87. The van der Waals surface area contributed by atoms with E-state index in [1.165, 1.54) is 24.3 Å². The molecule has 0 aliphatic carbocycles. The molecule has 0 atom stereocenters. The molecular weight excluding hydrogens is 364 g/mol. The van der Waals surface area contributed by atoms with E-state index in [1.54, 1.807) is 6.07 Å². The number of benzene rings is 2. The minimum Gasteiger partial charge on any atom is -0.331 e. The number of para-hydroxylation sites is 1. The maximum absolute atomic E-state index is 11.8. The number of hydrazine groups is 1. The largest absolute Gasteiger partial charge is 0.331 e. The number of nitro groups is 1. The second-order valence-corrected chi connectivity index (χ2v) is 5.55. The van der Waals surface area contributed by atoms with Crippen LogP contribution < -0.4 is 16.2 Å². The van der Waals surface area contributed by atoms with E-state index in [0.717, 1.165) is 5.69 Å². The fourth-order valence-corrected chi connectivity index (χ4v) is 2.14. The van der Waals surface area contributed by atoms with Crippen molar-refractivity contribution < 1.29 is 9.72 Å². The van der Waals surface area contributed by atoms with Crippen LogP contribution in [0.1, 0.15) is 5.56 Å². The number of amides is 1. The van der Waals surface area contributed by atoms with Gasteiger partial charge in [-0.1, -0.05) is 35.9 Å². The molecular formula is C16H13ClN4O3S. The van der Waals surface area contributed by atoms with Crippen LogP contribution in [0.2, 0.25) is 5.02 Å². The van der Waals surface area contributed by atoms with Crippen molar-refractivity contribution in [3.05, 3.63) is 75.3 Å². The maximum atomic E-state index is 11.8. The van der Waals surface area contributed by atoms with Crippen molar-refractivity contribution in [1.82, 2.24) is 10.9 Å². The first-order chi connectivity index (χ1) is 12.0. The first-order valence-corrected chi connectivity index (χ1v) is 7.78. The summed E-state index contributed by atoms with van der Waals surface area (Å²) in [6, 6.07) is 13.4. The Hall–Kier alpha value is -2.97. The molecule has 0 saturated heterocycles. The molecule has 0 aromatic heterocycles. The molecule has 25 heavy (non-hydrogen) atoms. The van der Waals surface area contributed by atoms with Gasteiger partial charge in [0.05, 0.1) is 4.92 Å². The van der Waals surface area contributed by atoms with Crippen molar-refractivity contribution in [3.8, 4) is 0 Å². The van der Waals surface area contributed by atoms with Crippen molar-refractivity contribution in [1.29, 1.82) is 0 Å². The van der Waals surface area contributed by atoms with Gasteiger partial charge in [0, 0.05) is 17.8 Å². The van der Waals surface area contributed by atoms with E-state index in [-0.39, 0.29) is 15.8 Å². The number of nitrogens with one attached hydrogen (secondary N) is 3. The van der Waals surface area contributed by atoms with Gasteiger partial charge in [0.1, 0.15) is 5.02 Å². The number of anilines is 1. The number of carbonyl (C=O) groups is 1. The van der Waals surface area contributed by atoms with E-state index in [1.807, 2.05) is 30.3 Å². The van der Waals surface area contributed by atoms with Crippen LogP contribution in [-0.2, 0) is 4.79 Å². The van der Waals surface area contributed by atoms with Gasteiger partial charge < -0.3 is 5.32 Å². The molecule has 0 bridgehead atoms. The lowest BCUT2D eigenvalue weighted by Gasteiger charge is -2.10. The molecule has 1 amide bonds. The SMILES string of the molecule is O=C(/C=C/c1ccc(Cl)c([N+](=O)[O-])c1)NNC(=S)Nc1ccccc1. The predicted octanol–water partition coefficient (Wildman–Crippen LogP) is 3.28. The van der Waals surface area contributed by atoms with E-state index in [9.17, 15) is 14.9 Å². The minimum absolute atomic E-state index is 0.0330. The van der Waals surface area contributed by atoms with Crippen LogP contribution in [0, 0.1) is 10.1 Å². The van der Waals surface area contributed by atoms with Crippen LogP contribution in [0.15, 0.2) is 54.6 Å². The van der Waals surface area contributed by atoms with Crippen LogP contribution in [0.4, 0.5) is 11.4 Å². The first kappa shape index (κ1) is 18.4. The van der Waals surface area contributed by atoms with Crippen LogP contribution in [-0.4, -0.2) is 15.9 Å². The Labute approximate surface area is 153 Å². The summed E-state index contributed by atoms with van der Waals surface area (Å²) in [5, 5.41) is 14.0. The molecule has 3 N–H and O–H groups in total. The second-order valence-electron chi connectivity index (χ2n) is 4.74. The average molecular weight is 377 g/mol. The Kier molecular flexibility index (Phi) is 6.44. The Morgan fingerprint density at radius 2 is 1.88 bits per heavy atom. The maximum Gasteiger partial charge on any atom is 0.288 e. The standard InChI is InChI=1S/C16H13ClN4O3S/c17-13-8-6-11(10-14(13)21(23)24)7-9-15(22)19-20-16(25)18-12-4-2-1-3-5-12/h1-10H,(H,19,22)(H2,18,20,25)/b9-7+. The van der Waals surface area contributed by atoms with E-state index >= 15 is 0 Å². The second kappa shape index (κ2) is 8.76. The van der Waals surface area contributed by atoms with Crippen molar-refractivity contribution in [2.75, 3.05) is 5.32 Å². The fourth-order valence-electron chi connectivity index (χ4n) is 1.79. The van der Waals surface area contributed by atoms with E-state index in [2.05, 4.69) is 16.2 Å². The molecule has 9 heteroatoms. The molecule has 0 unspecified atom stereocenters. The number of carbonyl (C=O) groups excluding carboxylic acids is 1.